The van der Waals surface area contributed by atoms with Crippen LogP contribution in [0.25, 0.3) is 0 Å². The van der Waals surface area contributed by atoms with Crippen LogP contribution in [0.1, 0.15) is 322 Å². The van der Waals surface area contributed by atoms with Crippen molar-refractivity contribution in [2.24, 2.45) is 0 Å². The van der Waals surface area contributed by atoms with Crippen molar-refractivity contribution < 1.29 is 15.0 Å². The van der Waals surface area contributed by atoms with Crippen molar-refractivity contribution in [3.8, 4) is 0 Å². The lowest BCUT2D eigenvalue weighted by Crippen LogP contribution is -2.45. The molecule has 1 amide bonds. The lowest BCUT2D eigenvalue weighted by Gasteiger charge is -2.19. The van der Waals surface area contributed by atoms with Gasteiger partial charge in [-0.15, -0.1) is 0 Å². The number of nitrogens with one attached hydrogen (secondary N) is 1. The van der Waals surface area contributed by atoms with E-state index in [0.717, 1.165) is 64.2 Å². The van der Waals surface area contributed by atoms with Gasteiger partial charge in [-0.2, -0.15) is 0 Å². The Balaban J connectivity index is 3.50. The van der Waals surface area contributed by atoms with Crippen LogP contribution < -0.4 is 5.32 Å². The van der Waals surface area contributed by atoms with Gasteiger partial charge in [0.05, 0.1) is 18.8 Å². The van der Waals surface area contributed by atoms with E-state index in [1.165, 1.54) is 238 Å². The highest BCUT2D eigenvalue weighted by Gasteiger charge is 2.18. The van der Waals surface area contributed by atoms with Crippen LogP contribution in [0.4, 0.5) is 0 Å². The van der Waals surface area contributed by atoms with Crippen LogP contribution in [0.15, 0.2) is 85.1 Å². The Morgan fingerprint density at radius 1 is 0.347 bits per heavy atom. The van der Waals surface area contributed by atoms with E-state index in [-0.39, 0.29) is 12.5 Å². The predicted molar refractivity (Wildman–Crippen MR) is 322 cm³/mol. The van der Waals surface area contributed by atoms with Crippen LogP contribution in [0.2, 0.25) is 0 Å². The molecule has 0 bridgehead atoms. The Hall–Kier alpha value is -2.43. The summed E-state index contributed by atoms with van der Waals surface area (Å²) in [5.41, 5.74) is 0. The third-order valence-corrected chi connectivity index (χ3v) is 14.3. The summed E-state index contributed by atoms with van der Waals surface area (Å²) in [4.78, 5) is 12.5. The van der Waals surface area contributed by atoms with Gasteiger partial charge in [0.25, 0.3) is 0 Å². The number of aliphatic hydroxyl groups is 2. The van der Waals surface area contributed by atoms with Gasteiger partial charge in [-0.1, -0.05) is 317 Å². The number of allylic oxidation sites excluding steroid dienone is 13. The van der Waals surface area contributed by atoms with E-state index in [2.05, 4.69) is 92.1 Å². The number of amides is 1. The van der Waals surface area contributed by atoms with E-state index in [9.17, 15) is 15.0 Å². The first kappa shape index (κ1) is 69.6. The summed E-state index contributed by atoms with van der Waals surface area (Å²) in [6, 6.07) is -0.649. The first-order valence-corrected chi connectivity index (χ1v) is 31.8. The maximum Gasteiger partial charge on any atom is 0.220 e. The number of hydrogen-bond donors (Lipinski definition) is 3. The van der Waals surface area contributed by atoms with Crippen molar-refractivity contribution in [3.63, 3.8) is 0 Å². The number of aliphatic hydroxyl groups excluding tert-OH is 2. The molecular formula is C68H123NO3. The van der Waals surface area contributed by atoms with Crippen LogP contribution in [0, 0.1) is 0 Å². The number of carbonyl (C=O) groups is 1. The summed E-state index contributed by atoms with van der Waals surface area (Å²) in [5, 5.41) is 23.2. The normalized spacial score (nSPS) is 13.3. The van der Waals surface area contributed by atoms with Crippen LogP contribution in [0.5, 0.6) is 0 Å². The Morgan fingerprint density at radius 3 is 0.972 bits per heavy atom. The molecule has 0 aromatic heterocycles. The molecule has 0 fully saturated rings. The minimum Gasteiger partial charge on any atom is -0.394 e. The maximum absolute atomic E-state index is 12.5. The molecule has 0 saturated carbocycles. The minimum atomic E-state index is -0.873. The van der Waals surface area contributed by atoms with E-state index >= 15 is 0 Å². The van der Waals surface area contributed by atoms with Gasteiger partial charge in [0.15, 0.2) is 0 Å². The zero-order valence-corrected chi connectivity index (χ0v) is 48.2. The molecule has 0 aliphatic rings. The van der Waals surface area contributed by atoms with Gasteiger partial charge in [-0.05, 0) is 83.5 Å². The first-order chi connectivity index (χ1) is 35.7. The predicted octanol–water partition coefficient (Wildman–Crippen LogP) is 21.5. The molecule has 0 aromatic carbocycles. The molecule has 3 N–H and O–H groups in total. The van der Waals surface area contributed by atoms with Gasteiger partial charge in [-0.25, -0.2) is 0 Å². The number of hydrogen-bond acceptors (Lipinski definition) is 3. The molecule has 2 unspecified atom stereocenters. The summed E-state index contributed by atoms with van der Waals surface area (Å²) in [7, 11) is 0. The SMILES string of the molecule is CC/C=C\C/C=C\C/C=C\C/C=C\CCCCCCCCCCCCCCCCCCCCCCCCC(=O)NC(CO)C(O)/C=C/CC/C=C/CC/C=C/CCCCCCCCCCCCCCCCC. The third kappa shape index (κ3) is 58.5. The molecule has 0 rings (SSSR count). The average molecular weight is 1000 g/mol. The highest BCUT2D eigenvalue weighted by molar-refractivity contribution is 5.76. The summed E-state index contributed by atoms with van der Waals surface area (Å²) in [5.74, 6) is -0.0744. The molecule has 4 heteroatoms. The molecule has 4 nitrogen and oxygen atoms in total. The van der Waals surface area contributed by atoms with Crippen molar-refractivity contribution in [2.45, 2.75) is 334 Å². The molecule has 0 aliphatic carbocycles. The van der Waals surface area contributed by atoms with E-state index in [0.29, 0.717) is 6.42 Å². The van der Waals surface area contributed by atoms with E-state index in [1.54, 1.807) is 6.08 Å². The molecule has 2 atom stereocenters. The second kappa shape index (κ2) is 62.9. The van der Waals surface area contributed by atoms with Crippen molar-refractivity contribution >= 4 is 5.91 Å². The van der Waals surface area contributed by atoms with Gasteiger partial charge >= 0.3 is 0 Å². The molecular weight excluding hydrogens is 879 g/mol. The quantitative estimate of drug-likeness (QED) is 0.0420. The zero-order valence-electron chi connectivity index (χ0n) is 48.2. The van der Waals surface area contributed by atoms with Crippen LogP contribution >= 0.6 is 0 Å². The zero-order chi connectivity index (χ0) is 52.0. The monoisotopic (exact) mass is 1000 g/mol. The number of unbranched alkanes of at least 4 members (excludes halogenated alkanes) is 39. The maximum atomic E-state index is 12.5. The fourth-order valence-electron chi connectivity index (χ4n) is 9.56. The Morgan fingerprint density at radius 2 is 0.625 bits per heavy atom. The summed E-state index contributed by atoms with van der Waals surface area (Å²) >= 11 is 0. The van der Waals surface area contributed by atoms with Crippen LogP contribution in [0.3, 0.4) is 0 Å². The Kier molecular flexibility index (Phi) is 60.7. The van der Waals surface area contributed by atoms with E-state index < -0.39 is 12.1 Å². The second-order valence-electron chi connectivity index (χ2n) is 21.4. The van der Waals surface area contributed by atoms with Gasteiger partial charge in [0.2, 0.25) is 5.91 Å². The van der Waals surface area contributed by atoms with Crippen molar-refractivity contribution in [1.29, 1.82) is 0 Å². The van der Waals surface area contributed by atoms with Gasteiger partial charge in [-0.3, -0.25) is 4.79 Å². The Labute approximate surface area is 450 Å². The van der Waals surface area contributed by atoms with Gasteiger partial charge < -0.3 is 15.5 Å². The summed E-state index contributed by atoms with van der Waals surface area (Å²) in [6.07, 6.45) is 92.1. The third-order valence-electron chi connectivity index (χ3n) is 14.3. The van der Waals surface area contributed by atoms with E-state index in [4.69, 9.17) is 0 Å². The smallest absolute Gasteiger partial charge is 0.220 e. The van der Waals surface area contributed by atoms with Crippen LogP contribution in [-0.2, 0) is 4.79 Å². The molecule has 0 aliphatic heterocycles. The fourth-order valence-corrected chi connectivity index (χ4v) is 9.56. The highest BCUT2D eigenvalue weighted by Crippen LogP contribution is 2.17. The molecule has 72 heavy (non-hydrogen) atoms. The van der Waals surface area contributed by atoms with Crippen molar-refractivity contribution in [2.75, 3.05) is 6.61 Å². The second-order valence-corrected chi connectivity index (χ2v) is 21.4. The molecule has 0 saturated heterocycles. The minimum absolute atomic E-state index is 0.0744. The molecule has 0 aromatic rings. The number of rotatable bonds is 58. The average Bonchev–Trinajstić information content (AvgIpc) is 3.39. The first-order valence-electron chi connectivity index (χ1n) is 31.8. The van der Waals surface area contributed by atoms with Gasteiger partial charge in [0, 0.05) is 6.42 Å². The molecule has 418 valence electrons. The molecule has 0 spiro atoms. The Bertz CT molecular complexity index is 1270. The summed E-state index contributed by atoms with van der Waals surface area (Å²) < 4.78 is 0. The molecule has 0 heterocycles. The van der Waals surface area contributed by atoms with Gasteiger partial charge in [0.1, 0.15) is 0 Å². The highest BCUT2D eigenvalue weighted by atomic mass is 16.3. The number of carbonyl (C=O) groups excluding carboxylic acids is 1. The van der Waals surface area contributed by atoms with E-state index in [1.807, 2.05) is 6.08 Å². The topological polar surface area (TPSA) is 69.6 Å². The summed E-state index contributed by atoms with van der Waals surface area (Å²) in [6.45, 7) is 4.21. The lowest BCUT2D eigenvalue weighted by molar-refractivity contribution is -0.123. The van der Waals surface area contributed by atoms with Crippen molar-refractivity contribution in [1.82, 2.24) is 5.32 Å². The lowest BCUT2D eigenvalue weighted by atomic mass is 10.0. The van der Waals surface area contributed by atoms with Crippen LogP contribution in [-0.4, -0.2) is 34.9 Å². The standard InChI is InChI=1S/C68H123NO3/c1-3-5-7-9-11-13-15-17-19-21-23-25-27-29-30-31-32-33-34-35-36-37-38-40-42-44-46-48-50-52-54-56-58-60-62-64-68(72)69-66(65-70)67(71)63-61-59-57-55-53-51-49-47-45-43-41-39-28-26-24-22-20-18-16-14-12-10-8-6-4-2/h5,7,11,13,17,19,23,25,45,47,53,55,61,63,66-67,70-71H,3-4,6,8-10,12,14-16,18,20-22,24,26-44,46,48-52,54,56-60,62,64-65H2,1-2H3,(H,69,72)/b7-5-,13-11-,19-17-,25-23-,47-45+,55-53+,63-61+. The molecule has 0 radical (unpaired) electrons. The fraction of sp³-hybridized carbons (Fsp3) is 0.779. The largest absolute Gasteiger partial charge is 0.394 e. The van der Waals surface area contributed by atoms with Crippen molar-refractivity contribution in [3.05, 3.63) is 85.1 Å².